The molecule has 24 heavy (non-hydrogen) atoms. The fourth-order valence-electron chi connectivity index (χ4n) is 1.88. The third-order valence-electron chi connectivity index (χ3n) is 3.01. The predicted octanol–water partition coefficient (Wildman–Crippen LogP) is 2.86. The van der Waals surface area contributed by atoms with Gasteiger partial charge < -0.3 is 11.2 Å². The zero-order valence-electron chi connectivity index (χ0n) is 13.0. The van der Waals surface area contributed by atoms with Crippen molar-refractivity contribution in [3.63, 3.8) is 0 Å². The van der Waals surface area contributed by atoms with Crippen LogP contribution in [0.1, 0.15) is 31.2 Å². The lowest BCUT2D eigenvalue weighted by atomic mass is 10.2. The van der Waals surface area contributed by atoms with Gasteiger partial charge in [-0.2, -0.15) is 13.2 Å². The van der Waals surface area contributed by atoms with Crippen LogP contribution < -0.4 is 11.2 Å². The van der Waals surface area contributed by atoms with Crippen LogP contribution in [-0.4, -0.2) is 26.5 Å². The maximum atomic E-state index is 12.6. The summed E-state index contributed by atoms with van der Waals surface area (Å²) in [5.41, 5.74) is -0.747. The van der Waals surface area contributed by atoms with E-state index < -0.39 is 17.6 Å². The molecule has 0 radical (unpaired) electrons. The molecule has 1 aromatic carbocycles. The lowest BCUT2D eigenvalue weighted by Crippen LogP contribution is -2.18. The summed E-state index contributed by atoms with van der Waals surface area (Å²) in [7, 11) is 0. The number of nitrogens with two attached hydrogens (primary N) is 1. The number of nitrogens with one attached hydrogen (secondary N) is 1. The number of hydrogen-bond donors (Lipinski definition) is 2. The molecular formula is C14H16F3N5OS. The third-order valence-corrected chi connectivity index (χ3v) is 3.96. The Hall–Kier alpha value is -2.23. The molecule has 0 bridgehead atoms. The van der Waals surface area contributed by atoms with Gasteiger partial charge in [-0.25, -0.2) is 4.68 Å². The molecule has 0 saturated heterocycles. The van der Waals surface area contributed by atoms with E-state index in [1.807, 2.05) is 13.8 Å². The van der Waals surface area contributed by atoms with Crippen LogP contribution in [0.4, 0.5) is 18.9 Å². The highest BCUT2D eigenvalue weighted by Gasteiger charge is 2.30. The minimum atomic E-state index is -4.46. The second-order valence-corrected chi connectivity index (χ2v) is 6.22. The Bertz CT molecular complexity index is 729. The SMILES string of the molecule is CC(C)c1nnc(SCC(=O)Nc2cccc(C(F)(F)F)c2)n1N. The smallest absolute Gasteiger partial charge is 0.336 e. The Morgan fingerprint density at radius 1 is 1.38 bits per heavy atom. The van der Waals surface area contributed by atoms with E-state index in [1.165, 1.54) is 16.8 Å². The molecule has 3 N–H and O–H groups in total. The summed E-state index contributed by atoms with van der Waals surface area (Å²) in [5, 5.41) is 10.6. The highest BCUT2D eigenvalue weighted by Crippen LogP contribution is 2.30. The Balaban J connectivity index is 1.97. The van der Waals surface area contributed by atoms with Crippen molar-refractivity contribution in [1.82, 2.24) is 14.9 Å². The molecule has 1 amide bonds. The van der Waals surface area contributed by atoms with Gasteiger partial charge in [0.25, 0.3) is 0 Å². The van der Waals surface area contributed by atoms with Crippen molar-refractivity contribution in [3.05, 3.63) is 35.7 Å². The first-order valence-corrected chi connectivity index (χ1v) is 7.97. The Labute approximate surface area is 140 Å². The molecule has 0 unspecified atom stereocenters. The number of rotatable bonds is 5. The van der Waals surface area contributed by atoms with Crippen molar-refractivity contribution in [3.8, 4) is 0 Å². The van der Waals surface area contributed by atoms with Crippen molar-refractivity contribution in [2.45, 2.75) is 31.1 Å². The fourth-order valence-corrected chi connectivity index (χ4v) is 2.54. The number of hydrogen-bond acceptors (Lipinski definition) is 5. The number of nitrogens with zero attached hydrogens (tertiary/aromatic N) is 3. The standard InChI is InChI=1S/C14H16F3N5OS/c1-8(2)12-20-21-13(22(12)18)24-7-11(23)19-10-5-3-4-9(6-10)14(15,16)17/h3-6,8H,7,18H2,1-2H3,(H,19,23). The number of alkyl halides is 3. The van der Waals surface area contributed by atoms with Crippen LogP contribution in [0.5, 0.6) is 0 Å². The summed E-state index contributed by atoms with van der Waals surface area (Å²) in [6.07, 6.45) is -4.46. The first-order chi connectivity index (χ1) is 11.2. The molecule has 0 atom stereocenters. The van der Waals surface area contributed by atoms with Crippen LogP contribution in [-0.2, 0) is 11.0 Å². The highest BCUT2D eigenvalue weighted by molar-refractivity contribution is 7.99. The maximum Gasteiger partial charge on any atom is 0.416 e. The molecule has 1 heterocycles. The average molecular weight is 359 g/mol. The lowest BCUT2D eigenvalue weighted by Gasteiger charge is -2.10. The van der Waals surface area contributed by atoms with Crippen LogP contribution in [0.2, 0.25) is 0 Å². The number of thioether (sulfide) groups is 1. The summed E-state index contributed by atoms with van der Waals surface area (Å²) >= 11 is 1.05. The van der Waals surface area contributed by atoms with Crippen molar-refractivity contribution in [2.24, 2.45) is 0 Å². The summed E-state index contributed by atoms with van der Waals surface area (Å²) in [4.78, 5) is 11.9. The number of halogens is 3. The maximum absolute atomic E-state index is 12.6. The number of nitrogen functional groups attached to an aromatic ring is 1. The van der Waals surface area contributed by atoms with Gasteiger partial charge in [0.15, 0.2) is 5.82 Å². The van der Waals surface area contributed by atoms with Gasteiger partial charge in [-0.1, -0.05) is 31.7 Å². The molecule has 6 nitrogen and oxygen atoms in total. The van der Waals surface area contributed by atoms with Crippen molar-refractivity contribution in [1.29, 1.82) is 0 Å². The molecule has 0 saturated carbocycles. The van der Waals surface area contributed by atoms with Gasteiger partial charge in [-0.3, -0.25) is 4.79 Å². The van der Waals surface area contributed by atoms with Gasteiger partial charge in [-0.15, -0.1) is 10.2 Å². The monoisotopic (exact) mass is 359 g/mol. The molecule has 0 aliphatic carbocycles. The van der Waals surface area contributed by atoms with Crippen LogP contribution in [0.25, 0.3) is 0 Å². The normalized spacial score (nSPS) is 11.8. The van der Waals surface area contributed by atoms with E-state index in [4.69, 9.17) is 5.84 Å². The Morgan fingerprint density at radius 2 is 2.08 bits per heavy atom. The van der Waals surface area contributed by atoms with Gasteiger partial charge in [0, 0.05) is 11.6 Å². The third kappa shape index (κ3) is 4.40. The van der Waals surface area contributed by atoms with Gasteiger partial charge in [-0.05, 0) is 18.2 Å². The molecule has 10 heteroatoms. The van der Waals surface area contributed by atoms with E-state index in [-0.39, 0.29) is 17.4 Å². The van der Waals surface area contributed by atoms with E-state index in [0.717, 1.165) is 23.9 Å². The van der Waals surface area contributed by atoms with Gasteiger partial charge >= 0.3 is 6.18 Å². The number of amides is 1. The molecule has 0 aliphatic rings. The molecule has 130 valence electrons. The fraction of sp³-hybridized carbons (Fsp3) is 0.357. The lowest BCUT2D eigenvalue weighted by molar-refractivity contribution is -0.137. The quantitative estimate of drug-likeness (QED) is 0.633. The first-order valence-electron chi connectivity index (χ1n) is 6.98. The zero-order chi connectivity index (χ0) is 17.9. The van der Waals surface area contributed by atoms with Crippen molar-refractivity contribution >= 4 is 23.4 Å². The topological polar surface area (TPSA) is 85.8 Å². The molecule has 0 aliphatic heterocycles. The minimum absolute atomic E-state index is 0.0519. The van der Waals surface area contributed by atoms with Gasteiger partial charge in [0.2, 0.25) is 11.1 Å². The molecule has 2 aromatic rings. The van der Waals surface area contributed by atoms with Crippen LogP contribution >= 0.6 is 11.8 Å². The van der Waals surface area contributed by atoms with E-state index >= 15 is 0 Å². The van der Waals surface area contributed by atoms with E-state index in [0.29, 0.717) is 11.0 Å². The second kappa shape index (κ2) is 7.12. The Morgan fingerprint density at radius 3 is 2.67 bits per heavy atom. The summed E-state index contributed by atoms with van der Waals surface area (Å²) < 4.78 is 39.2. The number of carbonyl (C=O) groups excluding carboxylic acids is 1. The van der Waals surface area contributed by atoms with Gasteiger partial charge in [0.05, 0.1) is 11.3 Å². The van der Waals surface area contributed by atoms with Crippen LogP contribution in [0, 0.1) is 0 Å². The van der Waals surface area contributed by atoms with Crippen LogP contribution in [0.3, 0.4) is 0 Å². The second-order valence-electron chi connectivity index (χ2n) is 5.28. The number of carbonyl (C=O) groups is 1. The average Bonchev–Trinajstić information content (AvgIpc) is 2.86. The van der Waals surface area contributed by atoms with Crippen molar-refractivity contribution in [2.75, 3.05) is 16.9 Å². The molecule has 2 rings (SSSR count). The largest absolute Gasteiger partial charge is 0.416 e. The zero-order valence-corrected chi connectivity index (χ0v) is 13.8. The van der Waals surface area contributed by atoms with E-state index in [1.54, 1.807) is 0 Å². The number of anilines is 1. The van der Waals surface area contributed by atoms with E-state index in [2.05, 4.69) is 15.5 Å². The van der Waals surface area contributed by atoms with Crippen LogP contribution in [0.15, 0.2) is 29.4 Å². The summed E-state index contributed by atoms with van der Waals surface area (Å²) in [6.45, 7) is 3.81. The summed E-state index contributed by atoms with van der Waals surface area (Å²) in [5.74, 6) is 5.97. The molecule has 0 spiro atoms. The van der Waals surface area contributed by atoms with Gasteiger partial charge in [0.1, 0.15) is 0 Å². The summed E-state index contributed by atoms with van der Waals surface area (Å²) in [6, 6.07) is 4.44. The number of aromatic nitrogens is 3. The Kier molecular flexibility index (Phi) is 5.37. The predicted molar refractivity (Wildman–Crippen MR) is 85.1 cm³/mol. The first kappa shape index (κ1) is 18.1. The molecule has 0 fully saturated rings. The van der Waals surface area contributed by atoms with E-state index in [9.17, 15) is 18.0 Å². The van der Waals surface area contributed by atoms with Crippen molar-refractivity contribution < 1.29 is 18.0 Å². The molecular weight excluding hydrogens is 343 g/mol. The minimum Gasteiger partial charge on any atom is -0.336 e. The highest BCUT2D eigenvalue weighted by atomic mass is 32.2. The number of benzene rings is 1. The molecule has 1 aromatic heterocycles.